The lowest BCUT2D eigenvalue weighted by molar-refractivity contribution is -0.384. The van der Waals surface area contributed by atoms with Crippen molar-refractivity contribution in [2.45, 2.75) is 25.8 Å². The molecular weight excluding hydrogens is 290 g/mol. The monoisotopic (exact) mass is 309 g/mol. The van der Waals surface area contributed by atoms with Gasteiger partial charge in [-0.15, -0.1) is 0 Å². The average Bonchev–Trinajstić information content (AvgIpc) is 2.50. The molecule has 8 nitrogen and oxygen atoms in total. The van der Waals surface area contributed by atoms with E-state index in [0.717, 1.165) is 0 Å². The number of nitro benzene ring substituents is 1. The van der Waals surface area contributed by atoms with Crippen molar-refractivity contribution in [1.29, 1.82) is 0 Å². The second-order valence-electron chi connectivity index (χ2n) is 4.79. The summed E-state index contributed by atoms with van der Waals surface area (Å²) in [6, 6.07) is 4.79. The molecule has 1 aromatic carbocycles. The molecule has 1 aromatic rings. The van der Waals surface area contributed by atoms with Crippen LogP contribution in [0.3, 0.4) is 0 Å². The van der Waals surface area contributed by atoms with Crippen LogP contribution in [0, 0.1) is 10.1 Å². The molecule has 0 aliphatic rings. The summed E-state index contributed by atoms with van der Waals surface area (Å²) in [4.78, 5) is 34.4. The van der Waals surface area contributed by atoms with Crippen molar-refractivity contribution in [1.82, 2.24) is 5.32 Å². The quantitative estimate of drug-likeness (QED) is 0.554. The number of carbonyl (C=O) groups is 2. The minimum Gasteiger partial charge on any atom is -0.480 e. The molecule has 0 heterocycles. The lowest BCUT2D eigenvalue weighted by Crippen LogP contribution is -2.43. The molecule has 0 fully saturated rings. The van der Waals surface area contributed by atoms with Crippen molar-refractivity contribution < 1.29 is 19.6 Å². The number of benzene rings is 1. The van der Waals surface area contributed by atoms with E-state index in [2.05, 4.69) is 5.32 Å². The fraction of sp³-hybridized carbons (Fsp3) is 0.429. The smallest absolute Gasteiger partial charge is 0.320 e. The van der Waals surface area contributed by atoms with E-state index in [9.17, 15) is 19.7 Å². The van der Waals surface area contributed by atoms with Gasteiger partial charge in [0.1, 0.15) is 6.04 Å². The van der Waals surface area contributed by atoms with E-state index in [1.165, 1.54) is 36.2 Å². The number of carboxylic acids is 1. The summed E-state index contributed by atoms with van der Waals surface area (Å²) in [6.07, 6.45) is 1.13. The van der Waals surface area contributed by atoms with Crippen molar-refractivity contribution in [3.05, 3.63) is 34.4 Å². The van der Waals surface area contributed by atoms with Crippen molar-refractivity contribution in [3.8, 4) is 0 Å². The van der Waals surface area contributed by atoms with Gasteiger partial charge in [-0.1, -0.05) is 13.3 Å². The molecule has 8 heteroatoms. The number of nitrogens with one attached hydrogen (secondary N) is 1. The molecule has 0 bridgehead atoms. The molecule has 1 amide bonds. The molecule has 0 saturated carbocycles. The van der Waals surface area contributed by atoms with Gasteiger partial charge < -0.3 is 10.0 Å². The SMILES string of the molecule is CCCC(NCC(=O)N(C)c1ccc([N+](=O)[O-])cc1)C(=O)O. The number of hydrogen-bond acceptors (Lipinski definition) is 5. The van der Waals surface area contributed by atoms with E-state index in [4.69, 9.17) is 5.11 Å². The van der Waals surface area contributed by atoms with E-state index in [-0.39, 0.29) is 18.1 Å². The molecule has 0 aliphatic heterocycles. The number of rotatable bonds is 8. The van der Waals surface area contributed by atoms with Crippen LogP contribution in [0.25, 0.3) is 0 Å². The first-order valence-corrected chi connectivity index (χ1v) is 6.84. The summed E-state index contributed by atoms with van der Waals surface area (Å²) in [7, 11) is 1.53. The normalized spacial score (nSPS) is 11.7. The van der Waals surface area contributed by atoms with Gasteiger partial charge in [-0.2, -0.15) is 0 Å². The summed E-state index contributed by atoms with van der Waals surface area (Å²) in [6.45, 7) is 1.74. The molecule has 0 aliphatic carbocycles. The summed E-state index contributed by atoms with van der Waals surface area (Å²) in [5.41, 5.74) is 0.441. The number of amides is 1. The highest BCUT2D eigenvalue weighted by Gasteiger charge is 2.19. The Kier molecular flexibility index (Phi) is 6.46. The third-order valence-corrected chi connectivity index (χ3v) is 3.20. The molecule has 22 heavy (non-hydrogen) atoms. The zero-order valence-corrected chi connectivity index (χ0v) is 12.5. The molecule has 0 aromatic heterocycles. The Morgan fingerprint density at radius 1 is 1.36 bits per heavy atom. The van der Waals surface area contributed by atoms with E-state index in [1.807, 2.05) is 6.92 Å². The van der Waals surface area contributed by atoms with Gasteiger partial charge in [-0.3, -0.25) is 25.0 Å². The maximum Gasteiger partial charge on any atom is 0.320 e. The lowest BCUT2D eigenvalue weighted by Gasteiger charge is -2.19. The minimum absolute atomic E-state index is 0.0587. The van der Waals surface area contributed by atoms with Gasteiger partial charge in [0.15, 0.2) is 0 Å². The second kappa shape index (κ2) is 8.08. The molecule has 120 valence electrons. The van der Waals surface area contributed by atoms with Crippen LogP contribution >= 0.6 is 0 Å². The summed E-state index contributed by atoms with van der Waals surface area (Å²) >= 11 is 0. The van der Waals surface area contributed by atoms with E-state index in [1.54, 1.807) is 0 Å². The number of non-ortho nitro benzene ring substituents is 1. The minimum atomic E-state index is -0.993. The van der Waals surface area contributed by atoms with Crippen molar-refractivity contribution in [3.63, 3.8) is 0 Å². The summed E-state index contributed by atoms with van der Waals surface area (Å²) in [5.74, 6) is -1.32. The number of hydrogen-bond donors (Lipinski definition) is 2. The van der Waals surface area contributed by atoms with Crippen LogP contribution in [0.5, 0.6) is 0 Å². The Labute approximate surface area is 127 Å². The maximum absolute atomic E-state index is 12.0. The van der Waals surface area contributed by atoms with Crippen molar-refractivity contribution in [2.75, 3.05) is 18.5 Å². The molecule has 0 spiro atoms. The molecule has 2 N–H and O–H groups in total. The molecular formula is C14H19N3O5. The molecule has 0 saturated heterocycles. The Hall–Kier alpha value is -2.48. The maximum atomic E-state index is 12.0. The van der Waals surface area contributed by atoms with Crippen LogP contribution in [0.2, 0.25) is 0 Å². The average molecular weight is 309 g/mol. The Morgan fingerprint density at radius 2 is 1.95 bits per heavy atom. The third kappa shape index (κ3) is 4.81. The lowest BCUT2D eigenvalue weighted by atomic mass is 10.1. The predicted octanol–water partition coefficient (Wildman–Crippen LogP) is 1.40. The topological polar surface area (TPSA) is 113 Å². The number of nitro groups is 1. The van der Waals surface area contributed by atoms with Gasteiger partial charge in [0, 0.05) is 24.9 Å². The number of nitrogens with zero attached hydrogens (tertiary/aromatic N) is 2. The van der Waals surface area contributed by atoms with Gasteiger partial charge in [0.05, 0.1) is 11.5 Å². The molecule has 0 radical (unpaired) electrons. The number of anilines is 1. The van der Waals surface area contributed by atoms with Gasteiger partial charge in [-0.05, 0) is 18.6 Å². The van der Waals surface area contributed by atoms with Crippen LogP contribution in [-0.2, 0) is 9.59 Å². The highest BCUT2D eigenvalue weighted by molar-refractivity contribution is 5.94. The standard InChI is InChI=1S/C14H19N3O5/c1-3-4-12(14(19)20)15-9-13(18)16(2)10-5-7-11(8-6-10)17(21)22/h5-8,12,15H,3-4,9H2,1-2H3,(H,19,20). The fourth-order valence-corrected chi connectivity index (χ4v) is 1.87. The Bertz CT molecular complexity index is 544. The highest BCUT2D eigenvalue weighted by Crippen LogP contribution is 2.18. The zero-order valence-electron chi connectivity index (χ0n) is 12.5. The van der Waals surface area contributed by atoms with E-state index < -0.39 is 16.9 Å². The fourth-order valence-electron chi connectivity index (χ4n) is 1.87. The first-order valence-electron chi connectivity index (χ1n) is 6.84. The first kappa shape index (κ1) is 17.6. The van der Waals surface area contributed by atoms with Crippen molar-refractivity contribution in [2.24, 2.45) is 0 Å². The summed E-state index contributed by atoms with van der Waals surface area (Å²) in [5, 5.41) is 22.3. The number of aliphatic carboxylic acids is 1. The van der Waals surface area contributed by atoms with Crippen molar-refractivity contribution >= 4 is 23.3 Å². The predicted molar refractivity (Wildman–Crippen MR) is 80.8 cm³/mol. The number of carboxylic acid groups (broad SMARTS) is 1. The molecule has 1 rings (SSSR count). The van der Waals surface area contributed by atoms with Crippen LogP contribution in [0.15, 0.2) is 24.3 Å². The molecule has 1 unspecified atom stereocenters. The van der Waals surface area contributed by atoms with Crippen LogP contribution < -0.4 is 10.2 Å². The second-order valence-corrected chi connectivity index (χ2v) is 4.79. The van der Waals surface area contributed by atoms with Gasteiger partial charge >= 0.3 is 5.97 Å². The number of likely N-dealkylation sites (N-methyl/N-ethyl adjacent to an activating group) is 1. The third-order valence-electron chi connectivity index (χ3n) is 3.20. The van der Waals surface area contributed by atoms with Gasteiger partial charge in [0.2, 0.25) is 5.91 Å². The van der Waals surface area contributed by atoms with Crippen LogP contribution in [0.4, 0.5) is 11.4 Å². The molecule has 1 atom stereocenters. The van der Waals surface area contributed by atoms with Crippen LogP contribution in [-0.4, -0.2) is 41.5 Å². The van der Waals surface area contributed by atoms with Gasteiger partial charge in [0.25, 0.3) is 5.69 Å². The summed E-state index contributed by atoms with van der Waals surface area (Å²) < 4.78 is 0. The van der Waals surface area contributed by atoms with Crippen LogP contribution in [0.1, 0.15) is 19.8 Å². The zero-order chi connectivity index (χ0) is 16.7. The van der Waals surface area contributed by atoms with Gasteiger partial charge in [-0.25, -0.2) is 0 Å². The Morgan fingerprint density at radius 3 is 2.41 bits per heavy atom. The Balaban J connectivity index is 2.64. The van der Waals surface area contributed by atoms with E-state index >= 15 is 0 Å². The number of carbonyl (C=O) groups excluding carboxylic acids is 1. The largest absolute Gasteiger partial charge is 0.480 e. The first-order chi connectivity index (χ1) is 10.4. The highest BCUT2D eigenvalue weighted by atomic mass is 16.6. The van der Waals surface area contributed by atoms with E-state index in [0.29, 0.717) is 18.5 Å².